The van der Waals surface area contributed by atoms with Crippen molar-refractivity contribution in [1.82, 2.24) is 14.5 Å². The first kappa shape index (κ1) is 16.0. The Kier molecular flexibility index (Phi) is 4.11. The van der Waals surface area contributed by atoms with E-state index < -0.39 is 0 Å². The van der Waals surface area contributed by atoms with Crippen molar-refractivity contribution >= 4 is 11.8 Å². The molecule has 0 aromatic carbocycles. The number of ether oxygens (including phenoxy) is 1. The number of Topliss-reactive ketones (excluding diaryl/α,β-unsaturated/α-hetero) is 1. The zero-order chi connectivity index (χ0) is 17.4. The van der Waals surface area contributed by atoms with Crippen molar-refractivity contribution in [2.75, 3.05) is 7.11 Å². The second-order valence-corrected chi connectivity index (χ2v) is 6.88. The lowest BCUT2D eigenvalue weighted by molar-refractivity contribution is -0.147. The predicted molar refractivity (Wildman–Crippen MR) is 90.7 cm³/mol. The number of hydrogen-bond donors (Lipinski definition) is 0. The first-order chi connectivity index (χ1) is 12.2. The first-order valence-electron chi connectivity index (χ1n) is 8.76. The Bertz CT molecular complexity index is 806. The molecule has 1 fully saturated rings. The van der Waals surface area contributed by atoms with Crippen molar-refractivity contribution in [1.29, 1.82) is 0 Å². The Morgan fingerprint density at radius 1 is 1.24 bits per heavy atom. The van der Waals surface area contributed by atoms with Crippen LogP contribution in [0.4, 0.5) is 0 Å². The van der Waals surface area contributed by atoms with Gasteiger partial charge in [0, 0.05) is 24.1 Å². The van der Waals surface area contributed by atoms with Crippen LogP contribution in [0.15, 0.2) is 30.9 Å². The van der Waals surface area contributed by atoms with Crippen molar-refractivity contribution in [3.05, 3.63) is 36.5 Å². The minimum atomic E-state index is -0.150. The molecule has 0 bridgehead atoms. The monoisotopic (exact) mass is 339 g/mol. The molecule has 6 nitrogen and oxygen atoms in total. The van der Waals surface area contributed by atoms with Crippen molar-refractivity contribution in [3.8, 4) is 11.3 Å². The summed E-state index contributed by atoms with van der Waals surface area (Å²) in [6.07, 6.45) is 8.81. The molecular formula is C19H21N3O3. The zero-order valence-corrected chi connectivity index (χ0v) is 14.2. The van der Waals surface area contributed by atoms with Gasteiger partial charge in [-0.25, -0.2) is 4.98 Å². The quantitative estimate of drug-likeness (QED) is 0.801. The summed E-state index contributed by atoms with van der Waals surface area (Å²) < 4.78 is 6.87. The molecule has 3 heterocycles. The molecule has 2 aromatic rings. The standard InChI is InChI=1S/C19H21N3O3/c1-25-19(24)13-6-4-12(5-7-13)17(23)9-15-18-14(3-2-8-21-18)16-10-20-11-22(15)16/h2-3,8,10-13,15H,4-7,9H2,1H3. The molecule has 1 aliphatic heterocycles. The van der Waals surface area contributed by atoms with E-state index in [9.17, 15) is 9.59 Å². The van der Waals surface area contributed by atoms with E-state index >= 15 is 0 Å². The van der Waals surface area contributed by atoms with Gasteiger partial charge in [-0.05, 0) is 37.8 Å². The van der Waals surface area contributed by atoms with Gasteiger partial charge in [0.1, 0.15) is 5.78 Å². The lowest BCUT2D eigenvalue weighted by atomic mass is 9.78. The Hall–Kier alpha value is -2.50. The summed E-state index contributed by atoms with van der Waals surface area (Å²) in [5, 5.41) is 0. The Morgan fingerprint density at radius 3 is 2.76 bits per heavy atom. The molecule has 6 heteroatoms. The fourth-order valence-corrected chi connectivity index (χ4v) is 4.16. The molecule has 2 aliphatic rings. The lowest BCUT2D eigenvalue weighted by Crippen LogP contribution is -2.28. The number of pyridine rings is 1. The van der Waals surface area contributed by atoms with Gasteiger partial charge in [-0.15, -0.1) is 0 Å². The maximum atomic E-state index is 12.9. The van der Waals surface area contributed by atoms with Crippen LogP contribution in [0.25, 0.3) is 11.3 Å². The van der Waals surface area contributed by atoms with Crippen molar-refractivity contribution in [2.24, 2.45) is 11.8 Å². The second-order valence-electron chi connectivity index (χ2n) is 6.88. The van der Waals surface area contributed by atoms with Gasteiger partial charge in [0.05, 0.1) is 43.0 Å². The highest BCUT2D eigenvalue weighted by Gasteiger charge is 2.35. The summed E-state index contributed by atoms with van der Waals surface area (Å²) in [5.41, 5.74) is 3.04. The van der Waals surface area contributed by atoms with Crippen LogP contribution in [0.5, 0.6) is 0 Å². The van der Waals surface area contributed by atoms with E-state index in [1.165, 1.54) is 7.11 Å². The maximum Gasteiger partial charge on any atom is 0.308 e. The Labute approximate surface area is 146 Å². The third-order valence-corrected chi connectivity index (χ3v) is 5.54. The Balaban J connectivity index is 1.47. The van der Waals surface area contributed by atoms with Gasteiger partial charge in [0.25, 0.3) is 0 Å². The number of ketones is 1. The fraction of sp³-hybridized carbons (Fsp3) is 0.474. The van der Waals surface area contributed by atoms with Crippen LogP contribution in [0.2, 0.25) is 0 Å². The third kappa shape index (κ3) is 2.75. The average Bonchev–Trinajstić information content (AvgIpc) is 3.24. The minimum Gasteiger partial charge on any atom is -0.469 e. The number of nitrogens with zero attached hydrogens (tertiary/aromatic N) is 3. The van der Waals surface area contributed by atoms with Gasteiger partial charge in [-0.1, -0.05) is 0 Å². The zero-order valence-electron chi connectivity index (χ0n) is 14.2. The molecule has 0 amide bonds. The summed E-state index contributed by atoms with van der Waals surface area (Å²) in [6, 6.07) is 3.87. The number of carbonyl (C=O) groups is 2. The summed E-state index contributed by atoms with van der Waals surface area (Å²) in [5.74, 6) is 0.0816. The smallest absolute Gasteiger partial charge is 0.308 e. The summed E-state index contributed by atoms with van der Waals surface area (Å²) >= 11 is 0. The van der Waals surface area contributed by atoms with E-state index in [4.69, 9.17) is 4.74 Å². The van der Waals surface area contributed by atoms with Crippen LogP contribution in [0.3, 0.4) is 0 Å². The van der Waals surface area contributed by atoms with E-state index in [1.807, 2.05) is 18.3 Å². The van der Waals surface area contributed by atoms with E-state index in [-0.39, 0.29) is 29.6 Å². The predicted octanol–water partition coefficient (Wildman–Crippen LogP) is 2.79. The van der Waals surface area contributed by atoms with E-state index in [1.54, 1.807) is 12.5 Å². The number of methoxy groups -OCH3 is 1. The summed E-state index contributed by atoms with van der Waals surface area (Å²) in [6.45, 7) is 0. The number of fused-ring (bicyclic) bond motifs is 3. The van der Waals surface area contributed by atoms with Crippen LogP contribution in [-0.4, -0.2) is 33.4 Å². The molecule has 1 saturated carbocycles. The van der Waals surface area contributed by atoms with E-state index in [0.29, 0.717) is 6.42 Å². The maximum absolute atomic E-state index is 12.9. The van der Waals surface area contributed by atoms with Crippen LogP contribution in [-0.2, 0) is 14.3 Å². The van der Waals surface area contributed by atoms with Gasteiger partial charge < -0.3 is 9.30 Å². The molecule has 0 saturated heterocycles. The molecule has 4 rings (SSSR count). The molecule has 0 N–H and O–H groups in total. The molecule has 1 unspecified atom stereocenters. The SMILES string of the molecule is COC(=O)C1CCC(C(=O)CC2c3ncccc3-c3cncn32)CC1. The average molecular weight is 339 g/mol. The van der Waals surface area contributed by atoms with Gasteiger partial charge in [0.2, 0.25) is 0 Å². The van der Waals surface area contributed by atoms with Crippen molar-refractivity contribution in [2.45, 2.75) is 38.1 Å². The highest BCUT2D eigenvalue weighted by atomic mass is 16.5. The molecule has 130 valence electrons. The highest BCUT2D eigenvalue weighted by molar-refractivity contribution is 5.83. The van der Waals surface area contributed by atoms with Gasteiger partial charge >= 0.3 is 5.97 Å². The van der Waals surface area contributed by atoms with Crippen molar-refractivity contribution in [3.63, 3.8) is 0 Å². The third-order valence-electron chi connectivity index (χ3n) is 5.54. The van der Waals surface area contributed by atoms with E-state index in [0.717, 1.165) is 42.6 Å². The Morgan fingerprint density at radius 2 is 2.00 bits per heavy atom. The number of imidazole rings is 1. The molecule has 0 spiro atoms. The van der Waals surface area contributed by atoms with Crippen molar-refractivity contribution < 1.29 is 14.3 Å². The number of esters is 1. The minimum absolute atomic E-state index is 0.0284. The first-order valence-corrected chi connectivity index (χ1v) is 8.76. The molecule has 1 atom stereocenters. The lowest BCUT2D eigenvalue weighted by Gasteiger charge is -2.27. The van der Waals surface area contributed by atoms with Crippen LogP contribution in [0, 0.1) is 11.8 Å². The largest absolute Gasteiger partial charge is 0.469 e. The number of carbonyl (C=O) groups excluding carboxylic acids is 2. The van der Waals surface area contributed by atoms with E-state index in [2.05, 4.69) is 14.5 Å². The summed E-state index contributed by atoms with van der Waals surface area (Å²) in [7, 11) is 1.42. The van der Waals surface area contributed by atoms with Gasteiger partial charge in [0.15, 0.2) is 0 Å². The summed E-state index contributed by atoms with van der Waals surface area (Å²) in [4.78, 5) is 33.2. The van der Waals surface area contributed by atoms with Crippen LogP contribution >= 0.6 is 0 Å². The number of hydrogen-bond acceptors (Lipinski definition) is 5. The van der Waals surface area contributed by atoms with Gasteiger partial charge in [-0.3, -0.25) is 14.6 Å². The molecule has 0 radical (unpaired) electrons. The normalized spacial score (nSPS) is 24.4. The fourth-order valence-electron chi connectivity index (χ4n) is 4.16. The molecule has 2 aromatic heterocycles. The molecule has 1 aliphatic carbocycles. The highest BCUT2D eigenvalue weighted by Crippen LogP contribution is 2.41. The van der Waals surface area contributed by atoms with Crippen LogP contribution < -0.4 is 0 Å². The number of rotatable bonds is 4. The topological polar surface area (TPSA) is 74.1 Å². The van der Waals surface area contributed by atoms with Crippen LogP contribution in [0.1, 0.15) is 43.8 Å². The second kappa shape index (κ2) is 6.43. The van der Waals surface area contributed by atoms with Gasteiger partial charge in [-0.2, -0.15) is 0 Å². The number of aromatic nitrogens is 3. The molecular weight excluding hydrogens is 318 g/mol. The molecule has 25 heavy (non-hydrogen) atoms.